The van der Waals surface area contributed by atoms with Gasteiger partial charge in [0.2, 0.25) is 0 Å². The molecule has 2 N–H and O–H groups in total. The summed E-state index contributed by atoms with van der Waals surface area (Å²) < 4.78 is 34.7. The van der Waals surface area contributed by atoms with Gasteiger partial charge in [0.15, 0.2) is 5.03 Å². The summed E-state index contributed by atoms with van der Waals surface area (Å²) >= 11 is 0. The van der Waals surface area contributed by atoms with Crippen molar-refractivity contribution in [3.05, 3.63) is 78.1 Å². The van der Waals surface area contributed by atoms with Crippen LogP contribution >= 0.6 is 0 Å². The lowest BCUT2D eigenvalue weighted by Gasteiger charge is -2.26. The number of rotatable bonds is 13. The molecule has 0 spiro atoms. The van der Waals surface area contributed by atoms with E-state index in [1.807, 2.05) is 31.3 Å². The summed E-state index contributed by atoms with van der Waals surface area (Å²) in [5, 5.41) is 9.32. The molecule has 1 atom stereocenters. The van der Waals surface area contributed by atoms with Crippen molar-refractivity contribution in [2.75, 3.05) is 29.9 Å². The Hall–Kier alpha value is -4.03. The summed E-state index contributed by atoms with van der Waals surface area (Å²) in [7, 11) is -2.04. The first kappa shape index (κ1) is 32.5. The van der Waals surface area contributed by atoms with Gasteiger partial charge in [-0.1, -0.05) is 37.6 Å². The summed E-state index contributed by atoms with van der Waals surface area (Å²) in [5.41, 5.74) is 1.30. The Kier molecular flexibility index (Phi) is 11.0. The van der Waals surface area contributed by atoms with Crippen molar-refractivity contribution in [1.29, 1.82) is 0 Å². The number of anilines is 2. The molecule has 0 radical (unpaired) electrons. The van der Waals surface area contributed by atoms with Crippen molar-refractivity contribution in [3.8, 4) is 0 Å². The number of nitrogens with one attached hydrogen (secondary N) is 1. The van der Waals surface area contributed by atoms with Crippen molar-refractivity contribution >= 4 is 33.6 Å². The highest BCUT2D eigenvalue weighted by atomic mass is 32.2. The van der Waals surface area contributed by atoms with Gasteiger partial charge < -0.3 is 14.7 Å². The van der Waals surface area contributed by atoms with Gasteiger partial charge in [0.05, 0.1) is 11.7 Å². The van der Waals surface area contributed by atoms with Crippen LogP contribution in [0.5, 0.6) is 0 Å². The third-order valence-electron chi connectivity index (χ3n) is 6.17. The lowest BCUT2D eigenvalue weighted by molar-refractivity contribution is -0.135. The number of nitrogens with zero attached hydrogens (tertiary/aromatic N) is 4. The Bertz CT molecular complexity index is 1440. The van der Waals surface area contributed by atoms with Crippen LogP contribution in [0.2, 0.25) is 0 Å². The number of benzene rings is 1. The molecule has 0 aliphatic heterocycles. The van der Waals surface area contributed by atoms with Crippen molar-refractivity contribution in [2.24, 2.45) is 0 Å². The minimum Gasteiger partial charge on any atom is -0.480 e. The normalized spacial score (nSPS) is 12.4. The zero-order valence-corrected chi connectivity index (χ0v) is 25.5. The molecule has 0 bridgehead atoms. The molecule has 0 fully saturated rings. The van der Waals surface area contributed by atoms with Gasteiger partial charge in [0.25, 0.3) is 10.0 Å². The molecule has 0 saturated carbocycles. The molecule has 3 rings (SSSR count). The van der Waals surface area contributed by atoms with Gasteiger partial charge in [-0.15, -0.1) is 0 Å². The lowest BCUT2D eigenvalue weighted by Crippen LogP contribution is -2.40. The van der Waals surface area contributed by atoms with Crippen LogP contribution in [0.3, 0.4) is 0 Å². The molecule has 0 aliphatic carbocycles. The first-order valence-corrected chi connectivity index (χ1v) is 15.2. The molecule has 42 heavy (non-hydrogen) atoms. The van der Waals surface area contributed by atoms with Crippen LogP contribution in [0.25, 0.3) is 0 Å². The van der Waals surface area contributed by atoms with Crippen LogP contribution in [-0.4, -0.2) is 61.3 Å². The number of carbonyl (C=O) groups excluding carboxylic acids is 1. The highest BCUT2D eigenvalue weighted by Crippen LogP contribution is 2.25. The Labute approximate surface area is 247 Å². The predicted octanol–water partition coefficient (Wildman–Crippen LogP) is 4.80. The maximum absolute atomic E-state index is 13.3. The predicted molar refractivity (Wildman–Crippen MR) is 161 cm³/mol. The Morgan fingerprint density at radius 1 is 1.05 bits per heavy atom. The Balaban J connectivity index is 1.99. The summed E-state index contributed by atoms with van der Waals surface area (Å²) in [6.45, 7) is 7.38. The largest absolute Gasteiger partial charge is 0.480 e. The van der Waals surface area contributed by atoms with E-state index in [-0.39, 0.29) is 23.0 Å². The number of pyridine rings is 2. The van der Waals surface area contributed by atoms with Gasteiger partial charge >= 0.3 is 12.1 Å². The number of carbonyl (C=O) groups is 2. The minimum absolute atomic E-state index is 0.0130. The number of amides is 1. The maximum atomic E-state index is 13.3. The minimum atomic E-state index is -4.06. The molecular formula is C30H39N5O6S. The van der Waals surface area contributed by atoms with Gasteiger partial charge in [-0.25, -0.2) is 27.9 Å². The SMILES string of the molecule is CCCCN(C)c1ccc(CC(NS(=O)(=O)c2ccccn2)c2cccc(N(CC(=O)O)C(=O)OC(C)(C)C)n2)cc1. The number of carboxylic acid groups (broad SMARTS) is 1. The second-order valence-electron chi connectivity index (χ2n) is 10.9. The molecule has 1 aromatic carbocycles. The average Bonchev–Trinajstić information content (AvgIpc) is 2.94. The van der Waals surface area contributed by atoms with Crippen molar-refractivity contribution in [1.82, 2.24) is 14.7 Å². The van der Waals surface area contributed by atoms with Crippen LogP contribution in [0.4, 0.5) is 16.3 Å². The third-order valence-corrected chi connectivity index (χ3v) is 7.56. The Morgan fingerprint density at radius 3 is 2.36 bits per heavy atom. The number of aromatic nitrogens is 2. The summed E-state index contributed by atoms with van der Waals surface area (Å²) in [4.78, 5) is 36.1. The molecule has 12 heteroatoms. The van der Waals surface area contributed by atoms with E-state index >= 15 is 0 Å². The zero-order chi connectivity index (χ0) is 30.9. The van der Waals surface area contributed by atoms with Gasteiger partial charge in [0.1, 0.15) is 18.0 Å². The molecule has 1 unspecified atom stereocenters. The monoisotopic (exact) mass is 597 g/mol. The smallest absolute Gasteiger partial charge is 0.416 e. The second-order valence-corrected chi connectivity index (χ2v) is 12.5. The number of unbranched alkanes of at least 4 members (excludes halogenated alkanes) is 1. The van der Waals surface area contributed by atoms with E-state index in [1.54, 1.807) is 45.0 Å². The van der Waals surface area contributed by atoms with Crippen LogP contribution in [0.15, 0.2) is 71.9 Å². The first-order valence-electron chi connectivity index (χ1n) is 13.7. The molecule has 2 aromatic heterocycles. The average molecular weight is 598 g/mol. The summed E-state index contributed by atoms with van der Waals surface area (Å²) in [6.07, 6.45) is 2.89. The molecule has 1 amide bonds. The summed E-state index contributed by atoms with van der Waals surface area (Å²) in [5.74, 6) is -1.25. The molecule has 2 heterocycles. The fourth-order valence-corrected chi connectivity index (χ4v) is 5.24. The van der Waals surface area contributed by atoms with E-state index in [1.165, 1.54) is 18.3 Å². The van der Waals surface area contributed by atoms with E-state index in [4.69, 9.17) is 4.74 Å². The number of hydrogen-bond donors (Lipinski definition) is 2. The third kappa shape index (κ3) is 9.52. The second kappa shape index (κ2) is 14.2. The van der Waals surface area contributed by atoms with Crippen LogP contribution in [-0.2, 0) is 26.0 Å². The summed E-state index contributed by atoms with van der Waals surface area (Å²) in [6, 6.07) is 16.2. The van der Waals surface area contributed by atoms with Crippen molar-refractivity contribution < 1.29 is 27.9 Å². The van der Waals surface area contributed by atoms with Gasteiger partial charge in [-0.2, -0.15) is 0 Å². The highest BCUT2D eigenvalue weighted by molar-refractivity contribution is 7.89. The van der Waals surface area contributed by atoms with E-state index < -0.39 is 40.3 Å². The van der Waals surface area contributed by atoms with E-state index in [9.17, 15) is 23.1 Å². The molecule has 0 aliphatic rings. The molecule has 3 aromatic rings. The lowest BCUT2D eigenvalue weighted by atomic mass is 10.0. The van der Waals surface area contributed by atoms with E-state index in [0.29, 0.717) is 0 Å². The van der Waals surface area contributed by atoms with Crippen molar-refractivity contribution in [3.63, 3.8) is 0 Å². The van der Waals surface area contributed by atoms with Gasteiger partial charge in [-0.05, 0) is 75.6 Å². The zero-order valence-electron chi connectivity index (χ0n) is 24.6. The van der Waals surface area contributed by atoms with E-state index in [2.05, 4.69) is 26.5 Å². The topological polar surface area (TPSA) is 142 Å². The highest BCUT2D eigenvalue weighted by Gasteiger charge is 2.28. The van der Waals surface area contributed by atoms with Gasteiger partial charge in [-0.3, -0.25) is 9.69 Å². The Morgan fingerprint density at radius 2 is 1.76 bits per heavy atom. The van der Waals surface area contributed by atoms with Crippen LogP contribution < -0.4 is 14.5 Å². The van der Waals surface area contributed by atoms with Gasteiger partial charge in [0, 0.05) is 25.5 Å². The van der Waals surface area contributed by atoms with Crippen LogP contribution in [0, 0.1) is 0 Å². The number of aliphatic carboxylic acids is 1. The molecule has 226 valence electrons. The quantitative estimate of drug-likeness (QED) is 0.284. The van der Waals surface area contributed by atoms with Crippen LogP contribution in [0.1, 0.15) is 57.8 Å². The standard InChI is InChI=1S/C30H39N5O6S/c1-6-7-19-34(5)23-16-14-22(15-17-23)20-25(33-42(39,40)27-13-8-9-18-31-27)24-11-10-12-26(32-24)35(21-28(36)37)29(38)41-30(2,3)4/h8-18,25,33H,6-7,19-21H2,1-5H3,(H,36,37). The molecule has 0 saturated heterocycles. The van der Waals surface area contributed by atoms with E-state index in [0.717, 1.165) is 35.5 Å². The molecular weight excluding hydrogens is 558 g/mol. The van der Waals surface area contributed by atoms with Crippen molar-refractivity contribution in [2.45, 2.75) is 63.6 Å². The number of sulfonamides is 1. The first-order chi connectivity index (χ1) is 19.8. The molecule has 11 nitrogen and oxygen atoms in total. The fourth-order valence-electron chi connectivity index (χ4n) is 4.08. The maximum Gasteiger partial charge on any atom is 0.416 e. The number of hydrogen-bond acceptors (Lipinski definition) is 8. The fraction of sp³-hybridized carbons (Fsp3) is 0.400. The number of carboxylic acids is 1. The number of ether oxygens (including phenoxy) is 1.